The molecule has 0 unspecified atom stereocenters. The van der Waals surface area contributed by atoms with Crippen molar-refractivity contribution < 1.29 is 9.21 Å². The van der Waals surface area contributed by atoms with E-state index in [1.165, 1.54) is 0 Å². The zero-order chi connectivity index (χ0) is 19.3. The average Bonchev–Trinajstić information content (AvgIpc) is 3.21. The standard InChI is InChI=1S/C21H15BrN4O2/c22-17-8-4-5-9-18(17)24-21(27)23-16-12-10-15(11-13-16)20-26-25-19(28-20)14-6-2-1-3-7-14/h1-13H,(H2,23,24,27). The van der Waals surface area contributed by atoms with Crippen molar-refractivity contribution in [2.24, 2.45) is 0 Å². The molecule has 7 heteroatoms. The lowest BCUT2D eigenvalue weighted by molar-refractivity contribution is 0.262. The summed E-state index contributed by atoms with van der Waals surface area (Å²) in [6.45, 7) is 0. The van der Waals surface area contributed by atoms with Crippen molar-refractivity contribution in [3.8, 4) is 22.9 Å². The molecule has 6 nitrogen and oxygen atoms in total. The number of anilines is 2. The van der Waals surface area contributed by atoms with E-state index in [0.29, 0.717) is 23.2 Å². The maximum absolute atomic E-state index is 12.2. The molecule has 4 rings (SSSR count). The number of urea groups is 1. The predicted molar refractivity (Wildman–Crippen MR) is 112 cm³/mol. The Kier molecular flexibility index (Phi) is 5.16. The maximum Gasteiger partial charge on any atom is 0.323 e. The van der Waals surface area contributed by atoms with E-state index < -0.39 is 0 Å². The molecule has 0 atom stereocenters. The molecule has 1 aromatic heterocycles. The molecule has 0 aliphatic heterocycles. The molecule has 0 bridgehead atoms. The quantitative estimate of drug-likeness (QED) is 0.424. The summed E-state index contributed by atoms with van der Waals surface area (Å²) in [6, 6.07) is 23.8. The Bertz CT molecular complexity index is 1090. The highest BCUT2D eigenvalue weighted by atomic mass is 79.9. The second kappa shape index (κ2) is 8.06. The molecule has 1 heterocycles. The van der Waals surface area contributed by atoms with Gasteiger partial charge in [-0.3, -0.25) is 0 Å². The summed E-state index contributed by atoms with van der Waals surface area (Å²) in [5, 5.41) is 13.8. The third-order valence-electron chi connectivity index (χ3n) is 3.96. The summed E-state index contributed by atoms with van der Waals surface area (Å²) in [5.74, 6) is 0.883. The van der Waals surface area contributed by atoms with Gasteiger partial charge in [-0.1, -0.05) is 30.3 Å². The van der Waals surface area contributed by atoms with Crippen LogP contribution in [0.5, 0.6) is 0 Å². The van der Waals surface area contributed by atoms with Crippen molar-refractivity contribution >= 4 is 33.3 Å². The predicted octanol–water partition coefficient (Wildman–Crippen LogP) is 5.81. The van der Waals surface area contributed by atoms with Crippen molar-refractivity contribution in [3.05, 3.63) is 83.3 Å². The smallest absolute Gasteiger partial charge is 0.323 e. The van der Waals surface area contributed by atoms with Gasteiger partial charge in [-0.2, -0.15) is 0 Å². The summed E-state index contributed by atoms with van der Waals surface area (Å²) in [6.07, 6.45) is 0. The lowest BCUT2D eigenvalue weighted by Gasteiger charge is -2.09. The summed E-state index contributed by atoms with van der Waals surface area (Å²) in [7, 11) is 0. The van der Waals surface area contributed by atoms with Gasteiger partial charge in [0.2, 0.25) is 11.8 Å². The molecule has 0 fully saturated rings. The van der Waals surface area contributed by atoms with Gasteiger partial charge in [-0.15, -0.1) is 10.2 Å². The number of hydrogen-bond donors (Lipinski definition) is 2. The van der Waals surface area contributed by atoms with Gasteiger partial charge in [-0.25, -0.2) is 4.79 Å². The molecule has 2 N–H and O–H groups in total. The van der Waals surface area contributed by atoms with Crippen LogP contribution in [0.4, 0.5) is 16.2 Å². The summed E-state index contributed by atoms with van der Waals surface area (Å²) >= 11 is 3.40. The van der Waals surface area contributed by atoms with Crippen LogP contribution in [0.1, 0.15) is 0 Å². The summed E-state index contributed by atoms with van der Waals surface area (Å²) < 4.78 is 6.55. The molecule has 2 amide bonds. The number of carbonyl (C=O) groups is 1. The first kappa shape index (κ1) is 17.9. The molecular formula is C21H15BrN4O2. The SMILES string of the molecule is O=C(Nc1ccc(-c2nnc(-c3ccccc3)o2)cc1)Nc1ccccc1Br. The van der Waals surface area contributed by atoms with Crippen LogP contribution in [0.2, 0.25) is 0 Å². The number of carbonyl (C=O) groups excluding carboxylic acids is 1. The first-order valence-electron chi connectivity index (χ1n) is 8.51. The van der Waals surface area contributed by atoms with Gasteiger partial charge < -0.3 is 15.1 Å². The zero-order valence-electron chi connectivity index (χ0n) is 14.6. The second-order valence-electron chi connectivity index (χ2n) is 5.91. The number of amides is 2. The molecule has 28 heavy (non-hydrogen) atoms. The van der Waals surface area contributed by atoms with Gasteiger partial charge in [0.1, 0.15) is 0 Å². The number of nitrogens with one attached hydrogen (secondary N) is 2. The van der Waals surface area contributed by atoms with Crippen molar-refractivity contribution in [1.82, 2.24) is 10.2 Å². The number of benzene rings is 3. The fourth-order valence-electron chi connectivity index (χ4n) is 2.58. The molecule has 3 aromatic carbocycles. The minimum absolute atomic E-state index is 0.330. The average molecular weight is 435 g/mol. The largest absolute Gasteiger partial charge is 0.416 e. The van der Waals surface area contributed by atoms with E-state index in [1.807, 2.05) is 66.7 Å². The van der Waals surface area contributed by atoms with Gasteiger partial charge in [0.15, 0.2) is 0 Å². The molecular weight excluding hydrogens is 420 g/mol. The minimum Gasteiger partial charge on any atom is -0.416 e. The highest BCUT2D eigenvalue weighted by Gasteiger charge is 2.11. The number of hydrogen-bond acceptors (Lipinski definition) is 4. The Labute approximate surface area is 169 Å². The lowest BCUT2D eigenvalue weighted by Crippen LogP contribution is -2.19. The van der Waals surface area contributed by atoms with E-state index in [0.717, 1.165) is 15.6 Å². The van der Waals surface area contributed by atoms with E-state index in [9.17, 15) is 4.79 Å². The highest BCUT2D eigenvalue weighted by Crippen LogP contribution is 2.25. The first-order chi connectivity index (χ1) is 13.7. The molecule has 0 aliphatic rings. The molecule has 0 spiro atoms. The molecule has 0 aliphatic carbocycles. The van der Waals surface area contributed by atoms with Crippen LogP contribution in [-0.4, -0.2) is 16.2 Å². The van der Waals surface area contributed by atoms with Crippen LogP contribution in [0.25, 0.3) is 22.9 Å². The van der Waals surface area contributed by atoms with Crippen LogP contribution in [-0.2, 0) is 0 Å². The third-order valence-corrected chi connectivity index (χ3v) is 4.65. The van der Waals surface area contributed by atoms with E-state index in [-0.39, 0.29) is 6.03 Å². The van der Waals surface area contributed by atoms with E-state index in [4.69, 9.17) is 4.42 Å². The van der Waals surface area contributed by atoms with Gasteiger partial charge in [0, 0.05) is 21.3 Å². The van der Waals surface area contributed by atoms with Crippen molar-refractivity contribution in [1.29, 1.82) is 0 Å². The Morgan fingerprint density at radius 2 is 1.36 bits per heavy atom. The fourth-order valence-corrected chi connectivity index (χ4v) is 2.96. The summed E-state index contributed by atoms with van der Waals surface area (Å²) in [5.41, 5.74) is 2.97. The molecule has 4 aromatic rings. The Morgan fingerprint density at radius 3 is 2.04 bits per heavy atom. The van der Waals surface area contributed by atoms with Gasteiger partial charge in [0.05, 0.1) is 5.69 Å². The van der Waals surface area contributed by atoms with E-state index in [2.05, 4.69) is 36.8 Å². The number of halogens is 1. The Hall–Kier alpha value is -3.45. The van der Waals surface area contributed by atoms with Crippen LogP contribution in [0.3, 0.4) is 0 Å². The first-order valence-corrected chi connectivity index (χ1v) is 9.30. The van der Waals surface area contributed by atoms with E-state index >= 15 is 0 Å². The lowest BCUT2D eigenvalue weighted by atomic mass is 10.2. The Balaban J connectivity index is 1.44. The zero-order valence-corrected chi connectivity index (χ0v) is 16.2. The Morgan fingerprint density at radius 1 is 0.750 bits per heavy atom. The van der Waals surface area contributed by atoms with Crippen molar-refractivity contribution in [3.63, 3.8) is 0 Å². The number of para-hydroxylation sites is 1. The van der Waals surface area contributed by atoms with Crippen LogP contribution in [0.15, 0.2) is 87.8 Å². The maximum atomic E-state index is 12.2. The molecule has 0 saturated carbocycles. The monoisotopic (exact) mass is 434 g/mol. The van der Waals surface area contributed by atoms with Gasteiger partial charge in [-0.05, 0) is 64.5 Å². The normalized spacial score (nSPS) is 10.5. The topological polar surface area (TPSA) is 80.1 Å². The fraction of sp³-hybridized carbons (Fsp3) is 0. The van der Waals surface area contributed by atoms with Crippen LogP contribution >= 0.6 is 15.9 Å². The van der Waals surface area contributed by atoms with Gasteiger partial charge >= 0.3 is 6.03 Å². The van der Waals surface area contributed by atoms with Crippen LogP contribution < -0.4 is 10.6 Å². The number of rotatable bonds is 4. The second-order valence-corrected chi connectivity index (χ2v) is 6.77. The number of nitrogens with zero attached hydrogens (tertiary/aromatic N) is 2. The number of aromatic nitrogens is 2. The van der Waals surface area contributed by atoms with Crippen LogP contribution in [0, 0.1) is 0 Å². The molecule has 0 radical (unpaired) electrons. The molecule has 138 valence electrons. The molecule has 0 saturated heterocycles. The highest BCUT2D eigenvalue weighted by molar-refractivity contribution is 9.10. The van der Waals surface area contributed by atoms with Crippen molar-refractivity contribution in [2.75, 3.05) is 10.6 Å². The minimum atomic E-state index is -0.330. The van der Waals surface area contributed by atoms with E-state index in [1.54, 1.807) is 12.1 Å². The summed E-state index contributed by atoms with van der Waals surface area (Å²) in [4.78, 5) is 12.2. The van der Waals surface area contributed by atoms with Gasteiger partial charge in [0.25, 0.3) is 0 Å². The third kappa shape index (κ3) is 4.10. The van der Waals surface area contributed by atoms with Crippen molar-refractivity contribution in [2.45, 2.75) is 0 Å².